The molecule has 0 bridgehead atoms. The van der Waals surface area contributed by atoms with Crippen molar-refractivity contribution in [1.29, 1.82) is 0 Å². The lowest BCUT2D eigenvalue weighted by atomic mass is 9.66. The fraction of sp³-hybridized carbons (Fsp3) is 0.833. The van der Waals surface area contributed by atoms with Gasteiger partial charge in [-0.15, -0.1) is 10.2 Å². The number of rotatable bonds is 3. The van der Waals surface area contributed by atoms with E-state index >= 15 is 0 Å². The van der Waals surface area contributed by atoms with Gasteiger partial charge >= 0.3 is 0 Å². The summed E-state index contributed by atoms with van der Waals surface area (Å²) in [6.45, 7) is 1.91. The van der Waals surface area contributed by atoms with Crippen LogP contribution in [0.5, 0.6) is 0 Å². The summed E-state index contributed by atoms with van der Waals surface area (Å²) in [6.07, 6.45) is 8.54. The van der Waals surface area contributed by atoms with Gasteiger partial charge in [0.25, 0.3) is 0 Å². The number of hydrogen-bond acceptors (Lipinski definition) is 3. The number of aryl methyl sites for hydroxylation is 1. The topological polar surface area (TPSA) is 56.7 Å². The second kappa shape index (κ2) is 3.84. The molecule has 0 unspecified atom stereocenters. The minimum Gasteiger partial charge on any atom is -0.330 e. The Bertz CT molecular complexity index is 373. The van der Waals surface area contributed by atoms with Crippen LogP contribution in [-0.2, 0) is 19.4 Å². The fourth-order valence-electron chi connectivity index (χ4n) is 2.96. The van der Waals surface area contributed by atoms with Gasteiger partial charge in [0.05, 0.1) is 0 Å². The van der Waals surface area contributed by atoms with E-state index in [1.54, 1.807) is 0 Å². The molecule has 1 aromatic heterocycles. The smallest absolute Gasteiger partial charge is 0.133 e. The van der Waals surface area contributed by atoms with E-state index in [1.807, 2.05) is 0 Å². The highest BCUT2D eigenvalue weighted by Gasteiger charge is 2.37. The van der Waals surface area contributed by atoms with Crippen LogP contribution < -0.4 is 5.73 Å². The summed E-state index contributed by atoms with van der Waals surface area (Å²) in [5.74, 6) is 2.37. The van der Waals surface area contributed by atoms with Gasteiger partial charge in [-0.2, -0.15) is 0 Å². The molecule has 0 atom stereocenters. The molecular formula is C12H20N4. The normalized spacial score (nSPS) is 22.6. The zero-order valence-electron chi connectivity index (χ0n) is 9.78. The molecule has 0 amide bonds. The number of nitrogens with zero attached hydrogens (tertiary/aromatic N) is 3. The van der Waals surface area contributed by atoms with Crippen molar-refractivity contribution in [2.75, 3.05) is 6.54 Å². The summed E-state index contributed by atoms with van der Waals surface area (Å²) in [5, 5.41) is 8.68. The standard InChI is InChI=1S/C12H20N4/c13-9-12(5-3-6-12)8-11-15-14-10-4-1-2-7-16(10)11/h1-9,13H2. The zero-order valence-corrected chi connectivity index (χ0v) is 9.78. The zero-order chi connectivity index (χ0) is 11.0. The number of fused-ring (bicyclic) bond motifs is 1. The maximum atomic E-state index is 5.90. The first kappa shape index (κ1) is 10.3. The molecule has 0 saturated heterocycles. The van der Waals surface area contributed by atoms with Crippen molar-refractivity contribution in [2.24, 2.45) is 11.1 Å². The summed E-state index contributed by atoms with van der Waals surface area (Å²) in [7, 11) is 0. The highest BCUT2D eigenvalue weighted by molar-refractivity contribution is 5.04. The predicted molar refractivity (Wildman–Crippen MR) is 62.0 cm³/mol. The maximum absolute atomic E-state index is 5.90. The Balaban J connectivity index is 1.81. The van der Waals surface area contributed by atoms with Gasteiger partial charge in [-0.05, 0) is 37.6 Å². The molecule has 1 aromatic rings. The van der Waals surface area contributed by atoms with Crippen molar-refractivity contribution in [1.82, 2.24) is 14.8 Å². The molecular weight excluding hydrogens is 200 g/mol. The lowest BCUT2D eigenvalue weighted by Gasteiger charge is -2.40. The third-order valence-electron chi connectivity index (χ3n) is 4.32. The Morgan fingerprint density at radius 1 is 1.19 bits per heavy atom. The minimum atomic E-state index is 0.348. The molecule has 1 aliphatic carbocycles. The van der Waals surface area contributed by atoms with Gasteiger partial charge in [0, 0.05) is 19.4 Å². The lowest BCUT2D eigenvalue weighted by molar-refractivity contribution is 0.139. The quantitative estimate of drug-likeness (QED) is 0.835. The van der Waals surface area contributed by atoms with Gasteiger partial charge in [0.1, 0.15) is 11.6 Å². The third-order valence-corrected chi connectivity index (χ3v) is 4.32. The summed E-state index contributed by atoms with van der Waals surface area (Å²) in [4.78, 5) is 0. The molecule has 1 fully saturated rings. The third kappa shape index (κ3) is 1.56. The van der Waals surface area contributed by atoms with Crippen molar-refractivity contribution < 1.29 is 0 Å². The van der Waals surface area contributed by atoms with Gasteiger partial charge < -0.3 is 10.3 Å². The number of hydrogen-bond donors (Lipinski definition) is 1. The largest absolute Gasteiger partial charge is 0.330 e. The van der Waals surface area contributed by atoms with Crippen molar-refractivity contribution >= 4 is 0 Å². The van der Waals surface area contributed by atoms with E-state index in [0.29, 0.717) is 5.41 Å². The van der Waals surface area contributed by atoms with E-state index in [0.717, 1.165) is 25.9 Å². The second-order valence-electron chi connectivity index (χ2n) is 5.38. The van der Waals surface area contributed by atoms with Crippen molar-refractivity contribution in [3.63, 3.8) is 0 Å². The molecule has 0 radical (unpaired) electrons. The van der Waals surface area contributed by atoms with Crippen LogP contribution in [0.1, 0.15) is 43.8 Å². The van der Waals surface area contributed by atoms with Crippen LogP contribution in [0.15, 0.2) is 0 Å². The second-order valence-corrected chi connectivity index (χ2v) is 5.38. The summed E-state index contributed by atoms with van der Waals surface area (Å²) >= 11 is 0. The summed E-state index contributed by atoms with van der Waals surface area (Å²) < 4.78 is 2.33. The first-order chi connectivity index (χ1) is 7.83. The lowest BCUT2D eigenvalue weighted by Crippen LogP contribution is -2.40. The van der Waals surface area contributed by atoms with Crippen LogP contribution in [0.4, 0.5) is 0 Å². The van der Waals surface area contributed by atoms with Gasteiger partial charge in [-0.3, -0.25) is 0 Å². The van der Waals surface area contributed by atoms with Crippen LogP contribution in [0.2, 0.25) is 0 Å². The average molecular weight is 220 g/mol. The Morgan fingerprint density at radius 2 is 2.06 bits per heavy atom. The number of nitrogens with two attached hydrogens (primary N) is 1. The maximum Gasteiger partial charge on any atom is 0.133 e. The molecule has 1 aliphatic heterocycles. The molecule has 0 spiro atoms. The van der Waals surface area contributed by atoms with E-state index < -0.39 is 0 Å². The Morgan fingerprint density at radius 3 is 2.75 bits per heavy atom. The first-order valence-electron chi connectivity index (χ1n) is 6.44. The highest BCUT2D eigenvalue weighted by Crippen LogP contribution is 2.42. The molecule has 1 saturated carbocycles. The van der Waals surface area contributed by atoms with Crippen molar-refractivity contribution in [3.8, 4) is 0 Å². The molecule has 2 N–H and O–H groups in total. The summed E-state index contributed by atoms with van der Waals surface area (Å²) in [5.41, 5.74) is 6.25. The molecule has 88 valence electrons. The Labute approximate surface area is 96.2 Å². The van der Waals surface area contributed by atoms with Crippen molar-refractivity contribution in [2.45, 2.75) is 51.5 Å². The van der Waals surface area contributed by atoms with Crippen LogP contribution in [0.3, 0.4) is 0 Å². The van der Waals surface area contributed by atoms with E-state index in [1.165, 1.54) is 43.8 Å². The minimum absolute atomic E-state index is 0.348. The molecule has 2 aliphatic rings. The molecule has 3 rings (SSSR count). The molecule has 4 heteroatoms. The average Bonchev–Trinajstić information content (AvgIpc) is 2.67. The van der Waals surface area contributed by atoms with Gasteiger partial charge in [-0.1, -0.05) is 6.42 Å². The number of aromatic nitrogens is 3. The first-order valence-corrected chi connectivity index (χ1v) is 6.44. The van der Waals surface area contributed by atoms with Gasteiger partial charge in [0.2, 0.25) is 0 Å². The monoisotopic (exact) mass is 220 g/mol. The van der Waals surface area contributed by atoms with E-state index in [4.69, 9.17) is 5.73 Å². The van der Waals surface area contributed by atoms with E-state index in [9.17, 15) is 0 Å². The van der Waals surface area contributed by atoms with Crippen LogP contribution in [0, 0.1) is 5.41 Å². The van der Waals surface area contributed by atoms with E-state index in [-0.39, 0.29) is 0 Å². The van der Waals surface area contributed by atoms with Crippen LogP contribution >= 0.6 is 0 Å². The van der Waals surface area contributed by atoms with Crippen LogP contribution in [0.25, 0.3) is 0 Å². The SMILES string of the molecule is NCC1(Cc2nnc3n2CCCC3)CCC1. The molecule has 2 heterocycles. The van der Waals surface area contributed by atoms with Gasteiger partial charge in [-0.25, -0.2) is 0 Å². The Kier molecular flexibility index (Phi) is 2.46. The molecule has 4 nitrogen and oxygen atoms in total. The van der Waals surface area contributed by atoms with Crippen molar-refractivity contribution in [3.05, 3.63) is 11.6 Å². The molecule has 16 heavy (non-hydrogen) atoms. The Hall–Kier alpha value is -0.900. The molecule has 0 aromatic carbocycles. The highest BCUT2D eigenvalue weighted by atomic mass is 15.3. The van der Waals surface area contributed by atoms with Gasteiger partial charge in [0.15, 0.2) is 0 Å². The van der Waals surface area contributed by atoms with E-state index in [2.05, 4.69) is 14.8 Å². The van der Waals surface area contributed by atoms with Crippen LogP contribution in [-0.4, -0.2) is 21.3 Å². The predicted octanol–water partition coefficient (Wildman–Crippen LogP) is 1.29. The summed E-state index contributed by atoms with van der Waals surface area (Å²) in [6, 6.07) is 0. The fourth-order valence-corrected chi connectivity index (χ4v) is 2.96.